The Bertz CT molecular complexity index is 509. The van der Waals surface area contributed by atoms with Crippen LogP contribution in [0.1, 0.15) is 33.6 Å². The van der Waals surface area contributed by atoms with Gasteiger partial charge in [0, 0.05) is 0 Å². The molecule has 1 aromatic carbocycles. The van der Waals surface area contributed by atoms with Crippen LogP contribution in [0.3, 0.4) is 0 Å². The van der Waals surface area contributed by atoms with Crippen LogP contribution in [0.4, 0.5) is 0 Å². The molecule has 0 radical (unpaired) electrons. The molecule has 0 amide bonds. The molecule has 0 unspecified atom stereocenters. The van der Waals surface area contributed by atoms with Gasteiger partial charge in [-0.1, -0.05) is 0 Å². The van der Waals surface area contributed by atoms with Crippen LogP contribution in [0.25, 0.3) is 0 Å². The molecule has 0 aliphatic carbocycles. The molecule has 0 aromatic heterocycles. The summed E-state index contributed by atoms with van der Waals surface area (Å²) in [6, 6.07) is 9.77. The maximum absolute atomic E-state index is 11.8. The van der Waals surface area contributed by atoms with Crippen LogP contribution in [-0.2, 0) is 19.1 Å². The Kier molecular flexibility index (Phi) is 8.56. The molecule has 0 fully saturated rings. The molecular weight excluding hydrogens is 347 g/mol. The maximum atomic E-state index is 11.8. The fourth-order valence-corrected chi connectivity index (χ4v) is 3.19. The molecule has 1 rings (SSSR count). The summed E-state index contributed by atoms with van der Waals surface area (Å²) in [5.74, 6) is -0.376. The SMILES string of the molecule is C/C(=C\OCCCC(=O)[Se]c1ccccc1)C(=O)OC(C)C. The molecule has 22 heavy (non-hydrogen) atoms. The Balaban J connectivity index is 2.19. The van der Waals surface area contributed by atoms with Crippen molar-refractivity contribution in [1.29, 1.82) is 0 Å². The summed E-state index contributed by atoms with van der Waals surface area (Å²) < 4.78 is 11.7. The summed E-state index contributed by atoms with van der Waals surface area (Å²) in [6.07, 6.45) is 2.40. The van der Waals surface area contributed by atoms with E-state index in [9.17, 15) is 9.59 Å². The summed E-state index contributed by atoms with van der Waals surface area (Å²) in [5, 5.41) is 0. The molecule has 0 saturated heterocycles. The van der Waals surface area contributed by atoms with Crippen LogP contribution in [0.5, 0.6) is 0 Å². The van der Waals surface area contributed by atoms with Crippen molar-refractivity contribution in [3.8, 4) is 0 Å². The second-order valence-corrected chi connectivity index (χ2v) is 7.39. The van der Waals surface area contributed by atoms with Gasteiger partial charge in [0.25, 0.3) is 0 Å². The van der Waals surface area contributed by atoms with Gasteiger partial charge in [-0.25, -0.2) is 0 Å². The zero-order valence-electron chi connectivity index (χ0n) is 13.2. The van der Waals surface area contributed by atoms with E-state index in [0.717, 1.165) is 4.46 Å². The van der Waals surface area contributed by atoms with Gasteiger partial charge in [0.1, 0.15) is 0 Å². The summed E-state index contributed by atoms with van der Waals surface area (Å²) >= 11 is -0.131. The normalized spacial score (nSPS) is 11.4. The van der Waals surface area contributed by atoms with Gasteiger partial charge in [-0.05, 0) is 0 Å². The monoisotopic (exact) mass is 370 g/mol. The third-order valence-electron chi connectivity index (χ3n) is 2.54. The minimum absolute atomic E-state index is 0.131. The van der Waals surface area contributed by atoms with E-state index in [0.29, 0.717) is 25.0 Å². The van der Waals surface area contributed by atoms with E-state index in [1.807, 2.05) is 30.3 Å². The third-order valence-corrected chi connectivity index (χ3v) is 4.51. The number of carbonyl (C=O) groups is 2. The molecule has 0 spiro atoms. The summed E-state index contributed by atoms with van der Waals surface area (Å²) in [7, 11) is 0. The second kappa shape index (κ2) is 10.2. The molecular formula is C17H22O4Se. The Hall–Kier alpha value is -1.58. The molecule has 1 aromatic rings. The van der Waals surface area contributed by atoms with Gasteiger partial charge in [-0.2, -0.15) is 0 Å². The van der Waals surface area contributed by atoms with Crippen molar-refractivity contribution in [2.75, 3.05) is 6.61 Å². The van der Waals surface area contributed by atoms with Crippen molar-refractivity contribution in [2.24, 2.45) is 0 Å². The van der Waals surface area contributed by atoms with Gasteiger partial charge in [0.05, 0.1) is 0 Å². The van der Waals surface area contributed by atoms with Crippen LogP contribution in [0.2, 0.25) is 0 Å². The first-order valence-electron chi connectivity index (χ1n) is 7.24. The average molecular weight is 369 g/mol. The van der Waals surface area contributed by atoms with E-state index in [4.69, 9.17) is 9.47 Å². The number of esters is 1. The van der Waals surface area contributed by atoms with Gasteiger partial charge in [-0.15, -0.1) is 0 Å². The van der Waals surface area contributed by atoms with Gasteiger partial charge < -0.3 is 0 Å². The van der Waals surface area contributed by atoms with E-state index >= 15 is 0 Å². The van der Waals surface area contributed by atoms with Crippen molar-refractivity contribution in [2.45, 2.75) is 39.7 Å². The summed E-state index contributed by atoms with van der Waals surface area (Å²) in [5.41, 5.74) is 0.425. The molecule has 0 aliphatic rings. The van der Waals surface area contributed by atoms with Crippen molar-refractivity contribution < 1.29 is 19.1 Å². The zero-order chi connectivity index (χ0) is 16.4. The average Bonchev–Trinajstić information content (AvgIpc) is 2.47. The number of carbonyl (C=O) groups excluding carboxylic acids is 2. The summed E-state index contributed by atoms with van der Waals surface area (Å²) in [4.78, 5) is 23.3. The van der Waals surface area contributed by atoms with E-state index in [-0.39, 0.29) is 31.7 Å². The molecule has 0 saturated carbocycles. The molecule has 4 nitrogen and oxygen atoms in total. The molecule has 0 bridgehead atoms. The zero-order valence-corrected chi connectivity index (χ0v) is 14.9. The van der Waals surface area contributed by atoms with Crippen molar-refractivity contribution in [1.82, 2.24) is 0 Å². The van der Waals surface area contributed by atoms with Gasteiger partial charge in [0.15, 0.2) is 0 Å². The van der Waals surface area contributed by atoms with Crippen LogP contribution >= 0.6 is 0 Å². The molecule has 0 atom stereocenters. The van der Waals surface area contributed by atoms with Gasteiger partial charge >= 0.3 is 138 Å². The first-order chi connectivity index (χ1) is 10.5. The third kappa shape index (κ3) is 8.01. The molecule has 0 heterocycles. The Labute approximate surface area is 138 Å². The van der Waals surface area contributed by atoms with E-state index in [1.54, 1.807) is 20.8 Å². The fourth-order valence-electron chi connectivity index (χ4n) is 1.51. The molecule has 0 N–H and O–H groups in total. The number of ether oxygens (including phenoxy) is 2. The van der Waals surface area contributed by atoms with Crippen LogP contribution < -0.4 is 4.46 Å². The summed E-state index contributed by atoms with van der Waals surface area (Å²) in [6.45, 7) is 5.66. The van der Waals surface area contributed by atoms with Crippen molar-refractivity contribution in [3.63, 3.8) is 0 Å². The first kappa shape index (κ1) is 18.5. The standard InChI is InChI=1S/C17H22O4Se/c1-13(2)21-17(19)14(3)12-20-11-7-10-16(18)22-15-8-5-4-6-9-15/h4-6,8-9,12-13H,7,10-11H2,1-3H3/b14-12+. The number of hydrogen-bond acceptors (Lipinski definition) is 4. The quantitative estimate of drug-likeness (QED) is 0.220. The Morgan fingerprint density at radius 1 is 1.23 bits per heavy atom. The number of hydrogen-bond donors (Lipinski definition) is 0. The van der Waals surface area contributed by atoms with E-state index in [1.165, 1.54) is 6.26 Å². The number of rotatable bonds is 9. The molecule has 5 heteroatoms. The van der Waals surface area contributed by atoms with Gasteiger partial charge in [-0.3, -0.25) is 0 Å². The van der Waals surface area contributed by atoms with E-state index < -0.39 is 0 Å². The molecule has 120 valence electrons. The molecule has 0 aliphatic heterocycles. The fraction of sp³-hybridized carbons (Fsp3) is 0.412. The number of benzene rings is 1. The topological polar surface area (TPSA) is 52.6 Å². The van der Waals surface area contributed by atoms with Gasteiger partial charge in [0.2, 0.25) is 0 Å². The van der Waals surface area contributed by atoms with E-state index in [2.05, 4.69) is 0 Å². The van der Waals surface area contributed by atoms with Crippen molar-refractivity contribution >= 4 is 30.1 Å². The van der Waals surface area contributed by atoms with Crippen LogP contribution in [0, 0.1) is 0 Å². The Morgan fingerprint density at radius 3 is 2.55 bits per heavy atom. The Morgan fingerprint density at radius 2 is 1.91 bits per heavy atom. The van der Waals surface area contributed by atoms with Crippen molar-refractivity contribution in [3.05, 3.63) is 42.2 Å². The second-order valence-electron chi connectivity index (χ2n) is 5.02. The van der Waals surface area contributed by atoms with Crippen LogP contribution in [0.15, 0.2) is 42.2 Å². The minimum atomic E-state index is -0.376. The predicted molar refractivity (Wildman–Crippen MR) is 87.0 cm³/mol. The van der Waals surface area contributed by atoms with Crippen LogP contribution in [-0.4, -0.2) is 38.3 Å². The predicted octanol–water partition coefficient (Wildman–Crippen LogP) is 2.19. The first-order valence-corrected chi connectivity index (χ1v) is 8.95.